The van der Waals surface area contributed by atoms with Gasteiger partial charge in [0.2, 0.25) is 10.0 Å². The molecule has 0 radical (unpaired) electrons. The van der Waals surface area contributed by atoms with Crippen LogP contribution in [0.1, 0.15) is 28.8 Å². The van der Waals surface area contributed by atoms with Crippen molar-refractivity contribution in [3.8, 4) is 0 Å². The minimum atomic E-state index is -3.50. The van der Waals surface area contributed by atoms with Crippen LogP contribution in [-0.4, -0.2) is 44.0 Å². The molecule has 1 fully saturated rings. The summed E-state index contributed by atoms with van der Waals surface area (Å²) < 4.78 is 26.7. The van der Waals surface area contributed by atoms with E-state index in [0.29, 0.717) is 25.2 Å². The van der Waals surface area contributed by atoms with E-state index in [-0.39, 0.29) is 10.8 Å². The van der Waals surface area contributed by atoms with E-state index >= 15 is 0 Å². The molecule has 1 aliphatic rings. The first kappa shape index (κ1) is 19.4. The zero-order valence-corrected chi connectivity index (χ0v) is 16.8. The van der Waals surface area contributed by atoms with Gasteiger partial charge in [0.15, 0.2) is 0 Å². The quantitative estimate of drug-likeness (QED) is 0.679. The molecule has 0 unspecified atom stereocenters. The molecule has 1 aliphatic heterocycles. The Morgan fingerprint density at radius 3 is 2.77 bits per heavy atom. The Morgan fingerprint density at radius 2 is 2.04 bits per heavy atom. The summed E-state index contributed by atoms with van der Waals surface area (Å²) in [5, 5.41) is 7.04. The first-order valence-corrected chi connectivity index (χ1v) is 12.1. The lowest BCUT2D eigenvalue weighted by Gasteiger charge is -2.16. The van der Waals surface area contributed by atoms with Crippen LogP contribution in [0, 0.1) is 0 Å². The summed E-state index contributed by atoms with van der Waals surface area (Å²) in [7, 11) is -3.50. The standard InChI is InChI=1S/C18H22N2O3S3/c21-18(19-7-11-25-14-15-6-10-24-13-15)16-4-3-5-17(12-16)26(22,23)20-8-1-2-9-20/h3-6,10,12-13H,1-2,7-9,11,14H2,(H,19,21). The highest BCUT2D eigenvalue weighted by molar-refractivity contribution is 7.98. The van der Waals surface area contributed by atoms with Gasteiger partial charge in [-0.2, -0.15) is 27.4 Å². The van der Waals surface area contributed by atoms with Crippen LogP contribution in [0.3, 0.4) is 0 Å². The first-order chi connectivity index (χ1) is 12.6. The van der Waals surface area contributed by atoms with Gasteiger partial charge in [0, 0.05) is 36.7 Å². The zero-order valence-electron chi connectivity index (χ0n) is 14.4. The third-order valence-electron chi connectivity index (χ3n) is 4.18. The molecular formula is C18H22N2O3S3. The lowest BCUT2D eigenvalue weighted by molar-refractivity contribution is 0.0956. The van der Waals surface area contributed by atoms with E-state index in [1.165, 1.54) is 15.9 Å². The van der Waals surface area contributed by atoms with Gasteiger partial charge in [-0.25, -0.2) is 8.42 Å². The van der Waals surface area contributed by atoms with Crippen LogP contribution in [-0.2, 0) is 15.8 Å². The van der Waals surface area contributed by atoms with Crippen LogP contribution in [0.4, 0.5) is 0 Å². The van der Waals surface area contributed by atoms with Crippen molar-refractivity contribution in [3.05, 3.63) is 52.2 Å². The average Bonchev–Trinajstić information content (AvgIpc) is 3.35. The molecule has 0 saturated carbocycles. The van der Waals surface area contributed by atoms with Gasteiger partial charge in [-0.15, -0.1) is 0 Å². The summed E-state index contributed by atoms with van der Waals surface area (Å²) in [5.41, 5.74) is 1.68. The summed E-state index contributed by atoms with van der Waals surface area (Å²) in [4.78, 5) is 12.5. The molecule has 1 aromatic carbocycles. The molecule has 140 valence electrons. The van der Waals surface area contributed by atoms with Gasteiger partial charge in [0.05, 0.1) is 4.90 Å². The second kappa shape index (κ2) is 9.03. The van der Waals surface area contributed by atoms with Crippen molar-refractivity contribution in [3.63, 3.8) is 0 Å². The average molecular weight is 411 g/mol. The molecular weight excluding hydrogens is 388 g/mol. The summed E-state index contributed by atoms with van der Waals surface area (Å²) in [6.07, 6.45) is 1.78. The number of amides is 1. The number of carbonyl (C=O) groups excluding carboxylic acids is 1. The van der Waals surface area contributed by atoms with Crippen molar-refractivity contribution >= 4 is 39.0 Å². The fraction of sp³-hybridized carbons (Fsp3) is 0.389. The van der Waals surface area contributed by atoms with Crippen molar-refractivity contribution in [2.45, 2.75) is 23.5 Å². The highest BCUT2D eigenvalue weighted by atomic mass is 32.2. The number of benzene rings is 1. The summed E-state index contributed by atoms with van der Waals surface area (Å²) >= 11 is 3.44. The lowest BCUT2D eigenvalue weighted by Crippen LogP contribution is -2.29. The summed E-state index contributed by atoms with van der Waals surface area (Å²) in [5.74, 6) is 1.51. The number of rotatable bonds is 8. The van der Waals surface area contributed by atoms with Gasteiger partial charge in [0.25, 0.3) is 5.91 Å². The number of nitrogens with one attached hydrogen (secondary N) is 1. The smallest absolute Gasteiger partial charge is 0.251 e. The highest BCUT2D eigenvalue weighted by Gasteiger charge is 2.27. The van der Waals surface area contributed by atoms with Crippen LogP contribution >= 0.6 is 23.1 Å². The predicted octanol–water partition coefficient (Wildman–Crippen LogP) is 3.20. The Hall–Kier alpha value is -1.35. The SMILES string of the molecule is O=C(NCCSCc1ccsc1)c1cccc(S(=O)(=O)N2CCCC2)c1. The molecule has 1 saturated heterocycles. The molecule has 1 N–H and O–H groups in total. The van der Waals surface area contributed by atoms with Crippen molar-refractivity contribution in [1.29, 1.82) is 0 Å². The Labute approximate surface area is 162 Å². The van der Waals surface area contributed by atoms with Crippen molar-refractivity contribution in [2.75, 3.05) is 25.4 Å². The van der Waals surface area contributed by atoms with E-state index in [9.17, 15) is 13.2 Å². The van der Waals surface area contributed by atoms with Crippen molar-refractivity contribution < 1.29 is 13.2 Å². The van der Waals surface area contributed by atoms with Gasteiger partial charge >= 0.3 is 0 Å². The lowest BCUT2D eigenvalue weighted by atomic mass is 10.2. The maximum absolute atomic E-state index is 12.6. The number of nitrogens with zero attached hydrogens (tertiary/aromatic N) is 1. The molecule has 0 bridgehead atoms. The van der Waals surface area contributed by atoms with E-state index in [0.717, 1.165) is 24.3 Å². The number of thiophene rings is 1. The number of hydrogen-bond donors (Lipinski definition) is 1. The minimum absolute atomic E-state index is 0.193. The Balaban J connectivity index is 1.53. The van der Waals surface area contributed by atoms with Crippen LogP contribution in [0.15, 0.2) is 46.0 Å². The maximum Gasteiger partial charge on any atom is 0.251 e. The normalized spacial score (nSPS) is 15.2. The Morgan fingerprint density at radius 1 is 1.23 bits per heavy atom. The molecule has 2 aromatic rings. The van der Waals surface area contributed by atoms with Crippen LogP contribution in [0.5, 0.6) is 0 Å². The first-order valence-electron chi connectivity index (χ1n) is 8.54. The topological polar surface area (TPSA) is 66.5 Å². The highest BCUT2D eigenvalue weighted by Crippen LogP contribution is 2.21. The predicted molar refractivity (Wildman–Crippen MR) is 107 cm³/mol. The molecule has 0 aliphatic carbocycles. The van der Waals surface area contributed by atoms with E-state index in [4.69, 9.17) is 0 Å². The fourth-order valence-electron chi connectivity index (χ4n) is 2.78. The monoisotopic (exact) mass is 410 g/mol. The summed E-state index contributed by atoms with van der Waals surface area (Å²) in [6.45, 7) is 1.66. The number of sulfonamides is 1. The Bertz CT molecular complexity index is 829. The molecule has 1 aromatic heterocycles. The van der Waals surface area contributed by atoms with E-state index in [2.05, 4.69) is 22.1 Å². The minimum Gasteiger partial charge on any atom is -0.351 e. The molecule has 26 heavy (non-hydrogen) atoms. The molecule has 0 atom stereocenters. The second-order valence-electron chi connectivity index (χ2n) is 6.08. The Kier molecular flexibility index (Phi) is 6.74. The molecule has 3 rings (SSSR count). The zero-order chi connectivity index (χ0) is 18.4. The number of carbonyl (C=O) groups is 1. The van der Waals surface area contributed by atoms with Gasteiger partial charge in [-0.05, 0) is 53.4 Å². The fourth-order valence-corrected chi connectivity index (χ4v) is 5.92. The third kappa shape index (κ3) is 4.88. The van der Waals surface area contributed by atoms with Crippen LogP contribution < -0.4 is 5.32 Å². The van der Waals surface area contributed by atoms with Crippen LogP contribution in [0.2, 0.25) is 0 Å². The van der Waals surface area contributed by atoms with Gasteiger partial charge in [-0.3, -0.25) is 4.79 Å². The van der Waals surface area contributed by atoms with Gasteiger partial charge < -0.3 is 5.32 Å². The second-order valence-corrected chi connectivity index (χ2v) is 9.90. The van der Waals surface area contributed by atoms with Gasteiger partial charge in [0.1, 0.15) is 0 Å². The number of thioether (sulfide) groups is 1. The van der Waals surface area contributed by atoms with E-state index in [1.54, 1.807) is 41.3 Å². The summed E-state index contributed by atoms with van der Waals surface area (Å²) in [6, 6.07) is 8.41. The maximum atomic E-state index is 12.6. The molecule has 0 spiro atoms. The molecule has 1 amide bonds. The largest absolute Gasteiger partial charge is 0.351 e. The molecule has 5 nitrogen and oxygen atoms in total. The van der Waals surface area contributed by atoms with Gasteiger partial charge in [-0.1, -0.05) is 6.07 Å². The van der Waals surface area contributed by atoms with E-state index < -0.39 is 10.0 Å². The van der Waals surface area contributed by atoms with Crippen molar-refractivity contribution in [2.24, 2.45) is 0 Å². The third-order valence-corrected chi connectivity index (χ3v) is 7.84. The van der Waals surface area contributed by atoms with E-state index in [1.807, 2.05) is 0 Å². The molecule has 2 heterocycles. The van der Waals surface area contributed by atoms with Crippen LogP contribution in [0.25, 0.3) is 0 Å². The molecule has 8 heteroatoms. The van der Waals surface area contributed by atoms with Crippen molar-refractivity contribution in [1.82, 2.24) is 9.62 Å². The number of hydrogen-bond acceptors (Lipinski definition) is 5.